The van der Waals surface area contributed by atoms with E-state index in [1.807, 2.05) is 7.05 Å². The van der Waals surface area contributed by atoms with Crippen LogP contribution in [0.3, 0.4) is 0 Å². The maximum Gasteiger partial charge on any atom is 0.311 e. The predicted molar refractivity (Wildman–Crippen MR) is 78.6 cm³/mol. The molecule has 1 saturated heterocycles. The van der Waals surface area contributed by atoms with Crippen molar-refractivity contribution in [1.82, 2.24) is 5.32 Å². The molecule has 1 N–H and O–H groups in total. The molecule has 0 radical (unpaired) electrons. The van der Waals surface area contributed by atoms with E-state index in [1.165, 1.54) is 13.2 Å². The summed E-state index contributed by atoms with van der Waals surface area (Å²) in [5.41, 5.74) is 0.964. The summed E-state index contributed by atoms with van der Waals surface area (Å²) in [6.07, 6.45) is 3.36. The molecule has 1 aliphatic heterocycles. The summed E-state index contributed by atoms with van der Waals surface area (Å²) in [5.74, 6) is 0.311. The van der Waals surface area contributed by atoms with E-state index >= 15 is 0 Å². The molecule has 1 aromatic carbocycles. The number of methoxy groups -OCH3 is 1. The van der Waals surface area contributed by atoms with Gasteiger partial charge in [0.25, 0.3) is 0 Å². The first kappa shape index (κ1) is 14.6. The lowest BCUT2D eigenvalue weighted by Crippen LogP contribution is -2.32. The first-order chi connectivity index (χ1) is 9.63. The Hall–Kier alpha value is -1.82. The summed E-state index contributed by atoms with van der Waals surface area (Å²) >= 11 is 0. The standard InChI is InChI=1S/C14H21N3O3/c1-16(11-4-3-8-15-9-7-11)12-5-6-13(17(18)19)14(10-12)20-2/h5-6,10-11,15H,3-4,7-9H2,1-2H3. The lowest BCUT2D eigenvalue weighted by Gasteiger charge is -2.29. The molecule has 110 valence electrons. The van der Waals surface area contributed by atoms with Gasteiger partial charge in [-0.1, -0.05) is 0 Å². The predicted octanol–water partition coefficient (Wildman–Crippen LogP) is 2.18. The van der Waals surface area contributed by atoms with Crippen LogP contribution in [0, 0.1) is 10.1 Å². The highest BCUT2D eigenvalue weighted by atomic mass is 16.6. The van der Waals surface area contributed by atoms with Crippen molar-refractivity contribution < 1.29 is 9.66 Å². The van der Waals surface area contributed by atoms with Crippen LogP contribution in [0.2, 0.25) is 0 Å². The Morgan fingerprint density at radius 2 is 2.20 bits per heavy atom. The van der Waals surface area contributed by atoms with Gasteiger partial charge in [0.15, 0.2) is 5.75 Å². The van der Waals surface area contributed by atoms with Crippen LogP contribution in [0.4, 0.5) is 11.4 Å². The van der Waals surface area contributed by atoms with E-state index in [0.29, 0.717) is 11.8 Å². The van der Waals surface area contributed by atoms with Crippen molar-refractivity contribution in [1.29, 1.82) is 0 Å². The summed E-state index contributed by atoms with van der Waals surface area (Å²) in [6, 6.07) is 5.51. The Bertz CT molecular complexity index is 471. The van der Waals surface area contributed by atoms with Crippen molar-refractivity contribution in [2.45, 2.75) is 25.3 Å². The average molecular weight is 279 g/mol. The lowest BCUT2D eigenvalue weighted by molar-refractivity contribution is -0.385. The van der Waals surface area contributed by atoms with E-state index in [4.69, 9.17) is 4.74 Å². The monoisotopic (exact) mass is 279 g/mol. The Balaban J connectivity index is 2.20. The quantitative estimate of drug-likeness (QED) is 0.676. The summed E-state index contributed by atoms with van der Waals surface area (Å²) < 4.78 is 5.13. The minimum atomic E-state index is -0.418. The minimum Gasteiger partial charge on any atom is -0.490 e. The van der Waals surface area contributed by atoms with Gasteiger partial charge in [-0.05, 0) is 38.4 Å². The Kier molecular flexibility index (Phi) is 4.79. The molecule has 0 amide bonds. The highest BCUT2D eigenvalue weighted by Gasteiger charge is 2.20. The van der Waals surface area contributed by atoms with Gasteiger partial charge in [0.1, 0.15) is 0 Å². The van der Waals surface area contributed by atoms with E-state index in [1.54, 1.807) is 12.1 Å². The number of anilines is 1. The van der Waals surface area contributed by atoms with Crippen LogP contribution in [0.25, 0.3) is 0 Å². The van der Waals surface area contributed by atoms with Crippen LogP contribution in [0.5, 0.6) is 5.75 Å². The number of rotatable bonds is 4. The number of nitrogens with zero attached hydrogens (tertiary/aromatic N) is 2. The molecule has 0 aromatic heterocycles. The molecular weight excluding hydrogens is 258 g/mol. The molecule has 1 aromatic rings. The zero-order valence-electron chi connectivity index (χ0n) is 12.0. The molecule has 20 heavy (non-hydrogen) atoms. The van der Waals surface area contributed by atoms with Crippen molar-refractivity contribution in [2.75, 3.05) is 32.1 Å². The zero-order valence-corrected chi connectivity index (χ0v) is 12.0. The van der Waals surface area contributed by atoms with Gasteiger partial charge in [-0.3, -0.25) is 10.1 Å². The van der Waals surface area contributed by atoms with Gasteiger partial charge in [0, 0.05) is 30.9 Å². The van der Waals surface area contributed by atoms with Crippen molar-refractivity contribution in [3.63, 3.8) is 0 Å². The fourth-order valence-electron chi connectivity index (χ4n) is 2.64. The maximum atomic E-state index is 10.9. The molecule has 2 rings (SSSR count). The second-order valence-electron chi connectivity index (χ2n) is 5.06. The molecule has 1 fully saturated rings. The zero-order chi connectivity index (χ0) is 14.5. The second-order valence-corrected chi connectivity index (χ2v) is 5.06. The van der Waals surface area contributed by atoms with Crippen molar-refractivity contribution in [3.8, 4) is 5.75 Å². The van der Waals surface area contributed by atoms with Gasteiger partial charge < -0.3 is 15.0 Å². The van der Waals surface area contributed by atoms with Crippen LogP contribution < -0.4 is 15.0 Å². The summed E-state index contributed by atoms with van der Waals surface area (Å²) in [6.45, 7) is 2.08. The molecule has 1 atom stereocenters. The number of hydrogen-bond donors (Lipinski definition) is 1. The van der Waals surface area contributed by atoms with Crippen LogP contribution in [0.1, 0.15) is 19.3 Å². The molecule has 6 nitrogen and oxygen atoms in total. The van der Waals surface area contributed by atoms with Crippen molar-refractivity contribution >= 4 is 11.4 Å². The number of hydrogen-bond acceptors (Lipinski definition) is 5. The van der Waals surface area contributed by atoms with Crippen molar-refractivity contribution in [2.24, 2.45) is 0 Å². The molecular formula is C14H21N3O3. The lowest BCUT2D eigenvalue weighted by atomic mass is 10.1. The molecule has 1 unspecified atom stereocenters. The average Bonchev–Trinajstić information content (AvgIpc) is 2.74. The largest absolute Gasteiger partial charge is 0.490 e. The van der Waals surface area contributed by atoms with Gasteiger partial charge in [-0.15, -0.1) is 0 Å². The highest BCUT2D eigenvalue weighted by Crippen LogP contribution is 2.32. The summed E-state index contributed by atoms with van der Waals surface area (Å²) in [5, 5.41) is 14.3. The molecule has 6 heteroatoms. The van der Waals surface area contributed by atoms with Crippen LogP contribution >= 0.6 is 0 Å². The molecule has 0 aliphatic carbocycles. The normalized spacial score (nSPS) is 19.2. The van der Waals surface area contributed by atoms with Crippen LogP contribution in [-0.2, 0) is 0 Å². The number of benzene rings is 1. The van der Waals surface area contributed by atoms with Gasteiger partial charge >= 0.3 is 5.69 Å². The van der Waals surface area contributed by atoms with E-state index in [0.717, 1.165) is 38.0 Å². The molecule has 0 saturated carbocycles. The third-order valence-electron chi connectivity index (χ3n) is 3.86. The molecule has 1 aliphatic rings. The van der Waals surface area contributed by atoms with Gasteiger partial charge in [-0.25, -0.2) is 0 Å². The smallest absolute Gasteiger partial charge is 0.311 e. The summed E-state index contributed by atoms with van der Waals surface area (Å²) in [7, 11) is 3.50. The van der Waals surface area contributed by atoms with Gasteiger partial charge in [0.05, 0.1) is 12.0 Å². The third kappa shape index (κ3) is 3.19. The second kappa shape index (κ2) is 6.56. The summed E-state index contributed by atoms with van der Waals surface area (Å²) in [4.78, 5) is 12.7. The van der Waals surface area contributed by atoms with Gasteiger partial charge in [-0.2, -0.15) is 0 Å². The minimum absolute atomic E-state index is 0.00665. The third-order valence-corrected chi connectivity index (χ3v) is 3.86. The molecule has 0 bridgehead atoms. The van der Waals surface area contributed by atoms with E-state index in [2.05, 4.69) is 10.2 Å². The number of ether oxygens (including phenoxy) is 1. The van der Waals surface area contributed by atoms with Crippen LogP contribution in [0.15, 0.2) is 18.2 Å². The Morgan fingerprint density at radius 3 is 2.90 bits per heavy atom. The Morgan fingerprint density at radius 1 is 1.40 bits per heavy atom. The highest BCUT2D eigenvalue weighted by molar-refractivity contribution is 5.59. The molecule has 0 spiro atoms. The number of nitrogens with one attached hydrogen (secondary N) is 1. The SMILES string of the molecule is COc1cc(N(C)C2CCCNCC2)ccc1[N+](=O)[O-]. The van der Waals surface area contributed by atoms with Gasteiger partial charge in [0.2, 0.25) is 0 Å². The van der Waals surface area contributed by atoms with E-state index in [-0.39, 0.29) is 5.69 Å². The fourth-order valence-corrected chi connectivity index (χ4v) is 2.64. The first-order valence-corrected chi connectivity index (χ1v) is 6.89. The fraction of sp³-hybridized carbons (Fsp3) is 0.571. The maximum absolute atomic E-state index is 10.9. The van der Waals surface area contributed by atoms with Crippen LogP contribution in [-0.4, -0.2) is 38.2 Å². The van der Waals surface area contributed by atoms with E-state index < -0.39 is 4.92 Å². The first-order valence-electron chi connectivity index (χ1n) is 6.89. The number of nitro groups is 1. The topological polar surface area (TPSA) is 67.6 Å². The molecule has 1 heterocycles. The number of nitro benzene ring substituents is 1. The van der Waals surface area contributed by atoms with E-state index in [9.17, 15) is 10.1 Å². The van der Waals surface area contributed by atoms with Crippen molar-refractivity contribution in [3.05, 3.63) is 28.3 Å². The Labute approximate surface area is 118 Å².